The van der Waals surface area contributed by atoms with Crippen LogP contribution in [0.2, 0.25) is 0 Å². The summed E-state index contributed by atoms with van der Waals surface area (Å²) >= 11 is 1.48. The molecular formula is C22H25N5O2S. The predicted molar refractivity (Wildman–Crippen MR) is 117 cm³/mol. The zero-order valence-corrected chi connectivity index (χ0v) is 18.3. The maximum atomic E-state index is 12.4. The minimum atomic E-state index is -0.0687. The first-order valence-corrected chi connectivity index (χ1v) is 10.6. The molecule has 0 fully saturated rings. The van der Waals surface area contributed by atoms with E-state index in [2.05, 4.69) is 21.5 Å². The van der Waals surface area contributed by atoms with Crippen LogP contribution in [0, 0.1) is 25.2 Å². The first-order valence-electron chi connectivity index (χ1n) is 9.77. The van der Waals surface area contributed by atoms with Gasteiger partial charge in [0.1, 0.15) is 5.75 Å². The van der Waals surface area contributed by atoms with Crippen LogP contribution in [0.15, 0.2) is 30.5 Å². The SMILES string of the molecule is COc1cccc(Cc2cnc(NC(=O)CCc3c(C)nn(CCC#N)c3C)s2)c1. The number of nitriles is 1. The minimum Gasteiger partial charge on any atom is -0.497 e. The number of thiazole rings is 1. The summed E-state index contributed by atoms with van der Waals surface area (Å²) in [5.41, 5.74) is 4.13. The summed E-state index contributed by atoms with van der Waals surface area (Å²) in [6.45, 7) is 4.50. The molecule has 0 saturated carbocycles. The van der Waals surface area contributed by atoms with E-state index < -0.39 is 0 Å². The van der Waals surface area contributed by atoms with Crippen LogP contribution in [0.3, 0.4) is 0 Å². The molecule has 8 heteroatoms. The molecule has 0 spiro atoms. The number of amides is 1. The average Bonchev–Trinajstić information content (AvgIpc) is 3.28. The molecule has 1 N–H and O–H groups in total. The molecule has 0 unspecified atom stereocenters. The highest BCUT2D eigenvalue weighted by atomic mass is 32.1. The van der Waals surface area contributed by atoms with Gasteiger partial charge in [0.2, 0.25) is 5.91 Å². The second-order valence-electron chi connectivity index (χ2n) is 6.99. The Hall–Kier alpha value is -3.18. The standard InChI is InChI=1S/C22H25N5O2S/c1-15-20(16(2)27(26-15)11-5-10-23)8-9-21(28)25-22-24-14-19(30-22)13-17-6-4-7-18(12-17)29-3/h4,6-7,12,14H,5,8-9,11,13H2,1-3H3,(H,24,25,28). The Balaban J connectivity index is 1.55. The van der Waals surface area contributed by atoms with Crippen molar-refractivity contribution in [3.05, 3.63) is 57.9 Å². The molecule has 0 aliphatic rings. The van der Waals surface area contributed by atoms with E-state index in [9.17, 15) is 4.79 Å². The van der Waals surface area contributed by atoms with Crippen molar-refractivity contribution in [2.45, 2.75) is 46.1 Å². The Kier molecular flexibility index (Phi) is 7.20. The second kappa shape index (κ2) is 10.0. The largest absolute Gasteiger partial charge is 0.497 e. The summed E-state index contributed by atoms with van der Waals surface area (Å²) < 4.78 is 7.11. The summed E-state index contributed by atoms with van der Waals surface area (Å²) in [7, 11) is 1.65. The van der Waals surface area contributed by atoms with Crippen molar-refractivity contribution in [3.63, 3.8) is 0 Å². The van der Waals surface area contributed by atoms with Crippen LogP contribution < -0.4 is 10.1 Å². The Bertz CT molecular complexity index is 1060. The van der Waals surface area contributed by atoms with Crippen molar-refractivity contribution in [2.75, 3.05) is 12.4 Å². The van der Waals surface area contributed by atoms with Crippen molar-refractivity contribution in [1.82, 2.24) is 14.8 Å². The minimum absolute atomic E-state index is 0.0687. The number of anilines is 1. The van der Waals surface area contributed by atoms with Crippen molar-refractivity contribution in [1.29, 1.82) is 5.26 Å². The summed E-state index contributed by atoms with van der Waals surface area (Å²) in [4.78, 5) is 17.8. The van der Waals surface area contributed by atoms with Crippen LogP contribution in [-0.4, -0.2) is 27.8 Å². The van der Waals surface area contributed by atoms with Gasteiger partial charge in [-0.25, -0.2) is 4.98 Å². The van der Waals surface area contributed by atoms with Gasteiger partial charge < -0.3 is 10.1 Å². The van der Waals surface area contributed by atoms with Crippen LogP contribution in [-0.2, 0) is 24.2 Å². The van der Waals surface area contributed by atoms with E-state index in [-0.39, 0.29) is 5.91 Å². The third-order valence-corrected chi connectivity index (χ3v) is 5.79. The fourth-order valence-electron chi connectivity index (χ4n) is 3.32. The van der Waals surface area contributed by atoms with E-state index in [0.29, 0.717) is 30.9 Å². The van der Waals surface area contributed by atoms with Gasteiger partial charge in [-0.1, -0.05) is 12.1 Å². The van der Waals surface area contributed by atoms with Crippen LogP contribution in [0.4, 0.5) is 5.13 Å². The zero-order valence-electron chi connectivity index (χ0n) is 17.4. The molecule has 156 valence electrons. The van der Waals surface area contributed by atoms with E-state index in [1.165, 1.54) is 11.3 Å². The van der Waals surface area contributed by atoms with Gasteiger partial charge in [-0.05, 0) is 43.5 Å². The number of benzene rings is 1. The van der Waals surface area contributed by atoms with Gasteiger partial charge >= 0.3 is 0 Å². The lowest BCUT2D eigenvalue weighted by molar-refractivity contribution is -0.116. The predicted octanol–water partition coefficient (Wildman–Crippen LogP) is 4.04. The molecule has 0 radical (unpaired) electrons. The molecule has 0 aliphatic carbocycles. The van der Waals surface area contributed by atoms with Crippen molar-refractivity contribution in [3.8, 4) is 11.8 Å². The highest BCUT2D eigenvalue weighted by Crippen LogP contribution is 2.23. The van der Waals surface area contributed by atoms with Gasteiger partial charge in [0.15, 0.2) is 5.13 Å². The lowest BCUT2D eigenvalue weighted by atomic mass is 10.1. The maximum absolute atomic E-state index is 12.4. The molecule has 2 aromatic heterocycles. The number of methoxy groups -OCH3 is 1. The molecule has 1 aromatic carbocycles. The van der Waals surface area contributed by atoms with Crippen LogP contribution in [0.25, 0.3) is 0 Å². The molecule has 0 atom stereocenters. The summed E-state index contributed by atoms with van der Waals surface area (Å²) in [5.74, 6) is 0.757. The highest BCUT2D eigenvalue weighted by Gasteiger charge is 2.14. The van der Waals surface area contributed by atoms with E-state index >= 15 is 0 Å². The second-order valence-corrected chi connectivity index (χ2v) is 8.10. The van der Waals surface area contributed by atoms with Gasteiger partial charge in [-0.3, -0.25) is 9.48 Å². The van der Waals surface area contributed by atoms with Crippen LogP contribution in [0.5, 0.6) is 5.75 Å². The van der Waals surface area contributed by atoms with Crippen LogP contribution >= 0.6 is 11.3 Å². The number of aromatic nitrogens is 3. The Labute approximate surface area is 180 Å². The summed E-state index contributed by atoms with van der Waals surface area (Å²) in [6, 6.07) is 10.1. The molecule has 3 rings (SSSR count). The molecule has 0 aliphatic heterocycles. The normalized spacial score (nSPS) is 10.6. The quantitative estimate of drug-likeness (QED) is 0.561. The number of ether oxygens (including phenoxy) is 1. The van der Waals surface area contributed by atoms with Crippen molar-refractivity contribution < 1.29 is 9.53 Å². The van der Waals surface area contributed by atoms with E-state index in [0.717, 1.165) is 39.6 Å². The van der Waals surface area contributed by atoms with E-state index in [1.807, 2.05) is 42.8 Å². The molecule has 0 saturated heterocycles. The Morgan fingerprint density at radius 3 is 2.97 bits per heavy atom. The number of rotatable bonds is 9. The average molecular weight is 424 g/mol. The summed E-state index contributed by atoms with van der Waals surface area (Å²) in [5, 5.41) is 16.7. The third kappa shape index (κ3) is 5.45. The molecule has 2 heterocycles. The maximum Gasteiger partial charge on any atom is 0.226 e. The first-order chi connectivity index (χ1) is 14.5. The van der Waals surface area contributed by atoms with Gasteiger partial charge in [-0.15, -0.1) is 11.3 Å². The number of aryl methyl sites for hydroxylation is 2. The summed E-state index contributed by atoms with van der Waals surface area (Å²) in [6.07, 6.45) is 3.93. The van der Waals surface area contributed by atoms with Crippen molar-refractivity contribution >= 4 is 22.4 Å². The fraction of sp³-hybridized carbons (Fsp3) is 0.364. The number of carbonyl (C=O) groups is 1. The van der Waals surface area contributed by atoms with Gasteiger partial charge in [0, 0.05) is 29.6 Å². The number of nitrogens with one attached hydrogen (secondary N) is 1. The van der Waals surface area contributed by atoms with Crippen LogP contribution in [0.1, 0.15) is 40.2 Å². The highest BCUT2D eigenvalue weighted by molar-refractivity contribution is 7.15. The lowest BCUT2D eigenvalue weighted by Crippen LogP contribution is -2.12. The molecule has 0 bridgehead atoms. The molecule has 3 aromatic rings. The third-order valence-electron chi connectivity index (χ3n) is 4.88. The Morgan fingerprint density at radius 1 is 1.37 bits per heavy atom. The number of hydrogen-bond acceptors (Lipinski definition) is 6. The molecule has 7 nitrogen and oxygen atoms in total. The fourth-order valence-corrected chi connectivity index (χ4v) is 4.18. The van der Waals surface area contributed by atoms with Gasteiger partial charge in [-0.2, -0.15) is 10.4 Å². The monoisotopic (exact) mass is 423 g/mol. The first kappa shape index (κ1) is 21.5. The van der Waals surface area contributed by atoms with E-state index in [1.54, 1.807) is 13.3 Å². The lowest BCUT2D eigenvalue weighted by Gasteiger charge is -2.04. The number of hydrogen-bond donors (Lipinski definition) is 1. The molecular weight excluding hydrogens is 398 g/mol. The van der Waals surface area contributed by atoms with Gasteiger partial charge in [0.05, 0.1) is 31.8 Å². The molecule has 1 amide bonds. The van der Waals surface area contributed by atoms with Crippen molar-refractivity contribution in [2.24, 2.45) is 0 Å². The Morgan fingerprint density at radius 2 is 2.20 bits per heavy atom. The van der Waals surface area contributed by atoms with Gasteiger partial charge in [0.25, 0.3) is 0 Å². The smallest absolute Gasteiger partial charge is 0.226 e. The number of carbonyl (C=O) groups excluding carboxylic acids is 1. The number of nitrogens with zero attached hydrogens (tertiary/aromatic N) is 4. The van der Waals surface area contributed by atoms with E-state index in [4.69, 9.17) is 10.00 Å². The molecule has 30 heavy (non-hydrogen) atoms. The zero-order chi connectivity index (χ0) is 21.5. The topological polar surface area (TPSA) is 92.8 Å².